The minimum atomic E-state index is -2.89. The van der Waals surface area contributed by atoms with Crippen molar-refractivity contribution in [3.8, 4) is 22.3 Å². The van der Waals surface area contributed by atoms with E-state index >= 15 is 0 Å². The number of hydrogen-bond acceptors (Lipinski definition) is 8. The van der Waals surface area contributed by atoms with Gasteiger partial charge >= 0.3 is 23.9 Å². The fourth-order valence-corrected chi connectivity index (χ4v) is 6.80. The molecule has 0 fully saturated rings. The van der Waals surface area contributed by atoms with Crippen molar-refractivity contribution in [2.45, 2.75) is 36.3 Å². The Morgan fingerprint density at radius 2 is 1.02 bits per heavy atom. The number of fused-ring (bicyclic) bond motifs is 6. The molecule has 0 radical (unpaired) electrons. The van der Waals surface area contributed by atoms with Gasteiger partial charge in [-0.15, -0.1) is 0 Å². The van der Waals surface area contributed by atoms with Crippen molar-refractivity contribution >= 4 is 23.9 Å². The van der Waals surface area contributed by atoms with Crippen LogP contribution in [0.5, 0.6) is 0 Å². The lowest BCUT2D eigenvalue weighted by Crippen LogP contribution is -2.63. The maximum absolute atomic E-state index is 13.8. The lowest BCUT2D eigenvalue weighted by molar-refractivity contribution is -0.172. The van der Waals surface area contributed by atoms with Crippen LogP contribution in [0, 0.1) is 5.92 Å². The van der Waals surface area contributed by atoms with Crippen LogP contribution in [0.3, 0.4) is 0 Å². The monoisotopic (exact) mass is 634 g/mol. The summed E-state index contributed by atoms with van der Waals surface area (Å²) in [6.07, 6.45) is -0.787. The summed E-state index contributed by atoms with van der Waals surface area (Å²) < 4.78 is 11.4. The summed E-state index contributed by atoms with van der Waals surface area (Å²) in [6.45, 7) is -0.389. The molecule has 0 aromatic heterocycles. The predicted octanol–water partition coefficient (Wildman–Crippen LogP) is 4.29. The zero-order valence-electron chi connectivity index (χ0n) is 25.4. The van der Waals surface area contributed by atoms with Crippen molar-refractivity contribution in [1.29, 1.82) is 0 Å². The van der Waals surface area contributed by atoms with Gasteiger partial charge in [0.05, 0.1) is 5.92 Å². The summed E-state index contributed by atoms with van der Waals surface area (Å²) in [4.78, 5) is 51.8. The molecule has 0 saturated heterocycles. The predicted molar refractivity (Wildman–Crippen MR) is 172 cm³/mol. The van der Waals surface area contributed by atoms with Crippen molar-refractivity contribution in [3.63, 3.8) is 0 Å². The molecule has 4 aromatic rings. The normalized spacial score (nSPS) is 15.7. The van der Waals surface area contributed by atoms with Gasteiger partial charge in [0.2, 0.25) is 5.54 Å². The number of esters is 2. The molecule has 6 N–H and O–H groups in total. The third kappa shape index (κ3) is 5.66. The number of nitrogens with two attached hydrogens (primary N) is 2. The largest absolute Gasteiger partial charge is 0.480 e. The SMILES string of the molecule is NC(CCC(C(=O)OCC1c2ccccc2-c2ccccc21)C(N)(C(=O)O)C(=O)OCC1c2ccccc2-c2ccccc21)C(=O)O. The van der Waals surface area contributed by atoms with Gasteiger partial charge in [0.15, 0.2) is 0 Å². The Balaban J connectivity index is 1.25. The third-order valence-electron chi connectivity index (χ3n) is 9.31. The van der Waals surface area contributed by atoms with E-state index in [4.69, 9.17) is 20.9 Å². The Morgan fingerprint density at radius 3 is 1.40 bits per heavy atom. The molecule has 240 valence electrons. The third-order valence-corrected chi connectivity index (χ3v) is 9.31. The van der Waals surface area contributed by atoms with Gasteiger partial charge in [0.25, 0.3) is 0 Å². The summed E-state index contributed by atoms with van der Waals surface area (Å²) in [5.41, 5.74) is 16.8. The number of ether oxygens (including phenoxy) is 2. The molecule has 2 aliphatic carbocycles. The first kappa shape index (κ1) is 31.7. The van der Waals surface area contributed by atoms with Gasteiger partial charge in [0.1, 0.15) is 19.3 Å². The molecule has 4 aromatic carbocycles. The average molecular weight is 635 g/mol. The fourth-order valence-electron chi connectivity index (χ4n) is 6.80. The molecule has 10 heteroatoms. The van der Waals surface area contributed by atoms with E-state index in [1.807, 2.05) is 97.1 Å². The summed E-state index contributed by atoms with van der Waals surface area (Å²) in [6, 6.07) is 29.2. The van der Waals surface area contributed by atoms with Crippen LogP contribution < -0.4 is 11.5 Å². The molecule has 0 bridgehead atoms. The van der Waals surface area contributed by atoms with Crippen LogP contribution in [0.1, 0.15) is 46.9 Å². The number of carboxylic acid groups (broad SMARTS) is 2. The highest BCUT2D eigenvalue weighted by atomic mass is 16.5. The highest BCUT2D eigenvalue weighted by Crippen LogP contribution is 2.46. The van der Waals surface area contributed by atoms with Gasteiger partial charge in [-0.25, -0.2) is 9.59 Å². The van der Waals surface area contributed by atoms with Gasteiger partial charge < -0.3 is 31.2 Å². The van der Waals surface area contributed by atoms with E-state index in [1.165, 1.54) is 0 Å². The second-order valence-electron chi connectivity index (χ2n) is 11.9. The number of benzene rings is 4. The molecule has 10 nitrogen and oxygen atoms in total. The number of carboxylic acids is 2. The highest BCUT2D eigenvalue weighted by molar-refractivity contribution is 6.07. The topological polar surface area (TPSA) is 179 Å². The molecular weight excluding hydrogens is 600 g/mol. The summed E-state index contributed by atoms with van der Waals surface area (Å²) in [7, 11) is 0. The van der Waals surface area contributed by atoms with Gasteiger partial charge in [-0.2, -0.15) is 0 Å². The van der Waals surface area contributed by atoms with Crippen LogP contribution in [0.2, 0.25) is 0 Å². The highest BCUT2D eigenvalue weighted by Gasteiger charge is 2.55. The van der Waals surface area contributed by atoms with Crippen LogP contribution >= 0.6 is 0 Å². The Bertz CT molecular complexity index is 1780. The van der Waals surface area contributed by atoms with Crippen molar-refractivity contribution in [3.05, 3.63) is 119 Å². The Kier molecular flexibility index (Phi) is 8.63. The second-order valence-corrected chi connectivity index (χ2v) is 11.9. The molecular formula is C37H34N2O8. The molecule has 47 heavy (non-hydrogen) atoms. The van der Waals surface area contributed by atoms with Crippen LogP contribution in [0.25, 0.3) is 22.3 Å². The number of rotatable bonds is 12. The molecule has 0 spiro atoms. The molecule has 0 saturated carbocycles. The van der Waals surface area contributed by atoms with Crippen LogP contribution in [-0.4, -0.2) is 58.9 Å². The minimum Gasteiger partial charge on any atom is -0.480 e. The van der Waals surface area contributed by atoms with Crippen molar-refractivity contribution in [2.75, 3.05) is 13.2 Å². The van der Waals surface area contributed by atoms with Crippen molar-refractivity contribution < 1.29 is 38.9 Å². The smallest absolute Gasteiger partial charge is 0.338 e. The van der Waals surface area contributed by atoms with Gasteiger partial charge in [-0.1, -0.05) is 97.1 Å². The molecule has 2 aliphatic rings. The molecule has 0 amide bonds. The van der Waals surface area contributed by atoms with E-state index in [9.17, 15) is 29.4 Å². The summed E-state index contributed by atoms with van der Waals surface area (Å²) in [5.74, 6) is -8.10. The zero-order chi connectivity index (χ0) is 33.3. The Hall–Kier alpha value is -5.32. The molecule has 0 heterocycles. The second kappa shape index (κ2) is 12.8. The van der Waals surface area contributed by atoms with Crippen molar-refractivity contribution in [2.24, 2.45) is 17.4 Å². The molecule has 3 unspecified atom stereocenters. The number of carbonyl (C=O) groups excluding carboxylic acids is 2. The lowest BCUT2D eigenvalue weighted by atomic mass is 9.80. The van der Waals surface area contributed by atoms with E-state index in [0.29, 0.717) is 0 Å². The molecule has 6 rings (SSSR count). The Labute approximate surface area is 270 Å². The van der Waals surface area contributed by atoms with Crippen molar-refractivity contribution in [1.82, 2.24) is 0 Å². The quantitative estimate of drug-likeness (QED) is 0.130. The molecule has 3 atom stereocenters. The van der Waals surface area contributed by atoms with Gasteiger partial charge in [-0.05, 0) is 57.3 Å². The number of hydrogen-bond donors (Lipinski definition) is 4. The van der Waals surface area contributed by atoms with E-state index in [0.717, 1.165) is 44.5 Å². The summed E-state index contributed by atoms with van der Waals surface area (Å²) >= 11 is 0. The van der Waals surface area contributed by atoms with Crippen LogP contribution in [0.4, 0.5) is 0 Å². The average Bonchev–Trinajstić information content (AvgIpc) is 3.58. The van der Waals surface area contributed by atoms with Gasteiger partial charge in [-0.3, -0.25) is 9.59 Å². The maximum atomic E-state index is 13.8. The molecule has 0 aliphatic heterocycles. The first-order valence-corrected chi connectivity index (χ1v) is 15.3. The summed E-state index contributed by atoms with van der Waals surface area (Å²) in [5, 5.41) is 19.7. The minimum absolute atomic E-state index is 0.158. The number of carbonyl (C=O) groups is 4. The van der Waals surface area contributed by atoms with E-state index < -0.39 is 53.7 Å². The fraction of sp³-hybridized carbons (Fsp3) is 0.243. The van der Waals surface area contributed by atoms with E-state index in [2.05, 4.69) is 0 Å². The van der Waals surface area contributed by atoms with E-state index in [1.54, 1.807) is 0 Å². The standard InChI is InChI=1S/C37H34N2O8/c38-32(33(40)41)18-17-31(34(42)46-19-29-25-13-5-1-9-21(25)22-10-2-6-14-26(22)29)37(39,35(43)44)36(45)47-20-30-27-15-7-3-11-23(27)24-12-4-8-16-28(24)30/h1-16,29-32H,17-20,38-39H2,(H,40,41)(H,43,44). The Morgan fingerprint density at radius 1 is 0.638 bits per heavy atom. The maximum Gasteiger partial charge on any atom is 0.338 e. The zero-order valence-corrected chi connectivity index (χ0v) is 25.4. The van der Waals surface area contributed by atoms with E-state index in [-0.39, 0.29) is 25.6 Å². The van der Waals surface area contributed by atoms with Gasteiger partial charge in [0, 0.05) is 11.8 Å². The first-order valence-electron chi connectivity index (χ1n) is 15.3. The van der Waals surface area contributed by atoms with Crippen LogP contribution in [0.15, 0.2) is 97.1 Å². The lowest BCUT2D eigenvalue weighted by Gasteiger charge is -2.31. The first-order chi connectivity index (χ1) is 22.6. The van der Waals surface area contributed by atoms with Crippen LogP contribution in [-0.2, 0) is 28.7 Å². The number of aliphatic carboxylic acids is 2.